The first-order valence-corrected chi connectivity index (χ1v) is 7.29. The number of nitrogens with zero attached hydrogens (tertiary/aromatic N) is 2. The molecule has 5 heteroatoms. The third-order valence-electron chi connectivity index (χ3n) is 3.55. The number of halogens is 1. The van der Waals surface area contributed by atoms with Crippen LogP contribution >= 0.6 is 15.9 Å². The lowest BCUT2D eigenvalue weighted by Gasteiger charge is -2.39. The van der Waals surface area contributed by atoms with E-state index >= 15 is 0 Å². The Morgan fingerprint density at radius 3 is 2.68 bits per heavy atom. The van der Waals surface area contributed by atoms with Crippen molar-refractivity contribution < 1.29 is 4.79 Å². The van der Waals surface area contributed by atoms with E-state index in [9.17, 15) is 4.79 Å². The van der Waals surface area contributed by atoms with E-state index in [0.717, 1.165) is 30.5 Å². The predicted octanol–water partition coefficient (Wildman–Crippen LogP) is 1.09. The molecule has 4 nitrogen and oxygen atoms in total. The minimum absolute atomic E-state index is 0.245. The Morgan fingerprint density at radius 2 is 2.05 bits per heavy atom. The fourth-order valence-electron chi connectivity index (χ4n) is 2.54. The van der Waals surface area contributed by atoms with Crippen LogP contribution < -0.4 is 5.73 Å². The van der Waals surface area contributed by atoms with Crippen molar-refractivity contribution in [2.45, 2.75) is 12.5 Å². The first-order chi connectivity index (χ1) is 9.04. The SMILES string of the molecule is CN1CCN(CC(N)=O)C(Cc2ccc(Br)cc2)C1. The first kappa shape index (κ1) is 14.5. The van der Waals surface area contributed by atoms with Crippen LogP contribution in [0.1, 0.15) is 5.56 Å². The fraction of sp³-hybridized carbons (Fsp3) is 0.500. The maximum absolute atomic E-state index is 11.2. The molecular weight excluding hydrogens is 306 g/mol. The molecule has 1 aliphatic rings. The average Bonchev–Trinajstić information content (AvgIpc) is 2.35. The van der Waals surface area contributed by atoms with Gasteiger partial charge in [0.1, 0.15) is 0 Å². The lowest BCUT2D eigenvalue weighted by atomic mass is 10.0. The third kappa shape index (κ3) is 4.30. The summed E-state index contributed by atoms with van der Waals surface area (Å²) in [6.07, 6.45) is 0.949. The monoisotopic (exact) mass is 325 g/mol. The molecule has 0 spiro atoms. The van der Waals surface area contributed by atoms with Gasteiger partial charge in [0, 0.05) is 30.1 Å². The minimum Gasteiger partial charge on any atom is -0.369 e. The molecular formula is C14H20BrN3O. The maximum atomic E-state index is 11.2. The average molecular weight is 326 g/mol. The van der Waals surface area contributed by atoms with E-state index in [4.69, 9.17) is 5.73 Å². The van der Waals surface area contributed by atoms with Crippen LogP contribution in [0.3, 0.4) is 0 Å². The molecule has 104 valence electrons. The Hall–Kier alpha value is -0.910. The van der Waals surface area contributed by atoms with Gasteiger partial charge >= 0.3 is 0 Å². The van der Waals surface area contributed by atoms with Crippen molar-refractivity contribution in [2.75, 3.05) is 33.2 Å². The summed E-state index contributed by atoms with van der Waals surface area (Å²) in [5.41, 5.74) is 6.62. The Labute approximate surface area is 122 Å². The molecule has 1 fully saturated rings. The van der Waals surface area contributed by atoms with E-state index in [1.165, 1.54) is 5.56 Å². The van der Waals surface area contributed by atoms with Crippen molar-refractivity contribution in [1.82, 2.24) is 9.80 Å². The summed E-state index contributed by atoms with van der Waals surface area (Å²) >= 11 is 3.44. The Morgan fingerprint density at radius 1 is 1.37 bits per heavy atom. The lowest BCUT2D eigenvalue weighted by molar-refractivity contribution is -0.120. The Kier molecular flexibility index (Phi) is 4.96. The summed E-state index contributed by atoms with van der Waals surface area (Å²) in [7, 11) is 2.12. The number of carbonyl (C=O) groups is 1. The number of piperazine rings is 1. The van der Waals surface area contributed by atoms with Crippen molar-refractivity contribution in [2.24, 2.45) is 5.73 Å². The molecule has 1 aromatic rings. The standard InChI is InChI=1S/C14H20BrN3O/c1-17-6-7-18(10-14(16)19)13(9-17)8-11-2-4-12(15)5-3-11/h2-5,13H,6-10H2,1H3,(H2,16,19). The van der Waals surface area contributed by atoms with Crippen LogP contribution in [0.4, 0.5) is 0 Å². The van der Waals surface area contributed by atoms with Crippen LogP contribution in [0.5, 0.6) is 0 Å². The highest BCUT2D eigenvalue weighted by Gasteiger charge is 2.26. The number of nitrogens with two attached hydrogens (primary N) is 1. The molecule has 0 saturated carbocycles. The van der Waals surface area contributed by atoms with Crippen LogP contribution in [-0.4, -0.2) is 55.0 Å². The highest BCUT2D eigenvalue weighted by Crippen LogP contribution is 2.16. The first-order valence-electron chi connectivity index (χ1n) is 6.50. The van der Waals surface area contributed by atoms with E-state index in [2.05, 4.69) is 57.0 Å². The number of hydrogen-bond acceptors (Lipinski definition) is 3. The molecule has 1 saturated heterocycles. The molecule has 1 aliphatic heterocycles. The largest absolute Gasteiger partial charge is 0.369 e. The van der Waals surface area contributed by atoms with Crippen LogP contribution in [0.2, 0.25) is 0 Å². The molecule has 0 aromatic heterocycles. The molecule has 0 aliphatic carbocycles. The topological polar surface area (TPSA) is 49.6 Å². The van der Waals surface area contributed by atoms with Gasteiger partial charge in [-0.1, -0.05) is 28.1 Å². The van der Waals surface area contributed by atoms with Crippen molar-refractivity contribution in [1.29, 1.82) is 0 Å². The number of rotatable bonds is 4. The van der Waals surface area contributed by atoms with Gasteiger partial charge in [-0.15, -0.1) is 0 Å². The van der Waals surface area contributed by atoms with Crippen LogP contribution in [-0.2, 0) is 11.2 Å². The van der Waals surface area contributed by atoms with Crippen LogP contribution in [0, 0.1) is 0 Å². The van der Waals surface area contributed by atoms with Crippen molar-refractivity contribution in [3.05, 3.63) is 34.3 Å². The van der Waals surface area contributed by atoms with Gasteiger partial charge in [-0.2, -0.15) is 0 Å². The highest BCUT2D eigenvalue weighted by atomic mass is 79.9. The van der Waals surface area contributed by atoms with Gasteiger partial charge in [-0.05, 0) is 31.2 Å². The predicted molar refractivity (Wildman–Crippen MR) is 79.9 cm³/mol. The van der Waals surface area contributed by atoms with Gasteiger partial charge in [-0.3, -0.25) is 9.69 Å². The summed E-state index contributed by atoms with van der Waals surface area (Å²) in [6.45, 7) is 3.23. The number of amides is 1. The minimum atomic E-state index is -0.245. The van der Waals surface area contributed by atoms with Gasteiger partial charge in [0.2, 0.25) is 5.91 Å². The second-order valence-electron chi connectivity index (χ2n) is 5.18. The zero-order valence-electron chi connectivity index (χ0n) is 11.2. The lowest BCUT2D eigenvalue weighted by Crippen LogP contribution is -2.54. The highest BCUT2D eigenvalue weighted by molar-refractivity contribution is 9.10. The van der Waals surface area contributed by atoms with E-state index in [0.29, 0.717) is 12.6 Å². The van der Waals surface area contributed by atoms with E-state index in [1.54, 1.807) is 0 Å². The van der Waals surface area contributed by atoms with Gasteiger partial charge in [0.25, 0.3) is 0 Å². The number of benzene rings is 1. The summed E-state index contributed by atoms with van der Waals surface area (Å²) in [6, 6.07) is 8.72. The molecule has 1 unspecified atom stereocenters. The van der Waals surface area contributed by atoms with Crippen molar-refractivity contribution >= 4 is 21.8 Å². The maximum Gasteiger partial charge on any atom is 0.231 e. The normalized spacial score (nSPS) is 21.5. The third-order valence-corrected chi connectivity index (χ3v) is 4.08. The van der Waals surface area contributed by atoms with Gasteiger partial charge in [0.05, 0.1) is 6.54 Å². The molecule has 0 radical (unpaired) electrons. The quantitative estimate of drug-likeness (QED) is 0.901. The smallest absolute Gasteiger partial charge is 0.231 e. The molecule has 2 N–H and O–H groups in total. The zero-order valence-corrected chi connectivity index (χ0v) is 12.8. The number of carbonyl (C=O) groups excluding carboxylic acids is 1. The molecule has 19 heavy (non-hydrogen) atoms. The molecule has 1 amide bonds. The van der Waals surface area contributed by atoms with Crippen molar-refractivity contribution in [3.8, 4) is 0 Å². The second-order valence-corrected chi connectivity index (χ2v) is 6.10. The number of likely N-dealkylation sites (N-methyl/N-ethyl adjacent to an activating group) is 1. The fourth-order valence-corrected chi connectivity index (χ4v) is 2.81. The van der Waals surface area contributed by atoms with Crippen LogP contribution in [0.15, 0.2) is 28.7 Å². The van der Waals surface area contributed by atoms with Gasteiger partial charge in [0.15, 0.2) is 0 Å². The number of hydrogen-bond donors (Lipinski definition) is 1. The zero-order chi connectivity index (χ0) is 13.8. The summed E-state index contributed by atoms with van der Waals surface area (Å²) in [5, 5.41) is 0. The number of primary amides is 1. The van der Waals surface area contributed by atoms with E-state index < -0.39 is 0 Å². The molecule has 2 rings (SSSR count). The molecule has 1 aromatic carbocycles. The summed E-state index contributed by atoms with van der Waals surface area (Å²) < 4.78 is 1.09. The van der Waals surface area contributed by atoms with Gasteiger partial charge in [-0.25, -0.2) is 0 Å². The molecule has 0 bridgehead atoms. The summed E-state index contributed by atoms with van der Waals surface area (Å²) in [4.78, 5) is 15.7. The Bertz CT molecular complexity index is 435. The Balaban J connectivity index is 2.04. The molecule has 1 heterocycles. The van der Waals surface area contributed by atoms with E-state index in [-0.39, 0.29) is 5.91 Å². The van der Waals surface area contributed by atoms with E-state index in [1.807, 2.05) is 0 Å². The van der Waals surface area contributed by atoms with Crippen molar-refractivity contribution in [3.63, 3.8) is 0 Å². The summed E-state index contributed by atoms with van der Waals surface area (Å²) in [5.74, 6) is -0.245. The molecule has 1 atom stereocenters. The van der Waals surface area contributed by atoms with Crippen LogP contribution in [0.25, 0.3) is 0 Å². The van der Waals surface area contributed by atoms with Gasteiger partial charge < -0.3 is 10.6 Å². The second kappa shape index (κ2) is 6.50.